The molecule has 26 heavy (non-hydrogen) atoms. The molecule has 2 atom stereocenters. The lowest BCUT2D eigenvalue weighted by Gasteiger charge is -2.33. The van der Waals surface area contributed by atoms with Crippen molar-refractivity contribution in [2.75, 3.05) is 31.9 Å². The number of likely N-dealkylation sites (tertiary alicyclic amines) is 1. The molecule has 2 heterocycles. The molecule has 5 nitrogen and oxygen atoms in total. The van der Waals surface area contributed by atoms with E-state index in [1.807, 2.05) is 17.0 Å². The molecule has 1 aromatic rings. The molecule has 1 aromatic carbocycles. The Kier molecular flexibility index (Phi) is 6.97. The van der Waals surface area contributed by atoms with Crippen LogP contribution in [0, 0.1) is 12.8 Å². The summed E-state index contributed by atoms with van der Waals surface area (Å²) in [6.07, 6.45) is 4.09. The summed E-state index contributed by atoms with van der Waals surface area (Å²) in [5, 5.41) is 6.30. The minimum atomic E-state index is -0.0261. The monoisotopic (exact) mass is 375 g/mol. The Morgan fingerprint density at radius 2 is 2.12 bits per heavy atom. The van der Waals surface area contributed by atoms with Crippen LogP contribution in [-0.4, -0.2) is 54.7 Å². The van der Waals surface area contributed by atoms with Crippen LogP contribution in [0.5, 0.6) is 0 Å². The maximum Gasteiger partial charge on any atom is 0.237 e. The van der Waals surface area contributed by atoms with Gasteiger partial charge < -0.3 is 15.5 Å². The van der Waals surface area contributed by atoms with Gasteiger partial charge in [-0.05, 0) is 56.7 Å². The molecule has 0 radical (unpaired) electrons. The fourth-order valence-electron chi connectivity index (χ4n) is 3.68. The standard InChI is InChI=1S/C20H29N3O2S/c1-15-6-2-3-9-18(15)26-14-19(24)23-11-5-7-16(13-23)12-22-20(25)17-8-4-10-21-17/h2-3,6,9,16-17,21H,4-5,7-8,10-14H2,1H3,(H,22,25). The Morgan fingerprint density at radius 1 is 1.27 bits per heavy atom. The smallest absolute Gasteiger partial charge is 0.237 e. The van der Waals surface area contributed by atoms with Gasteiger partial charge in [-0.2, -0.15) is 0 Å². The van der Waals surface area contributed by atoms with Crippen molar-refractivity contribution in [3.63, 3.8) is 0 Å². The van der Waals surface area contributed by atoms with Gasteiger partial charge in [0.05, 0.1) is 11.8 Å². The van der Waals surface area contributed by atoms with Gasteiger partial charge in [0.1, 0.15) is 0 Å². The first-order valence-electron chi connectivity index (χ1n) is 9.61. The van der Waals surface area contributed by atoms with E-state index in [1.165, 1.54) is 10.5 Å². The van der Waals surface area contributed by atoms with Crippen molar-refractivity contribution in [1.29, 1.82) is 0 Å². The van der Waals surface area contributed by atoms with Gasteiger partial charge in [0, 0.05) is 24.5 Å². The van der Waals surface area contributed by atoms with Gasteiger partial charge >= 0.3 is 0 Å². The van der Waals surface area contributed by atoms with Crippen LogP contribution in [0.3, 0.4) is 0 Å². The van der Waals surface area contributed by atoms with Crippen molar-refractivity contribution in [3.05, 3.63) is 29.8 Å². The zero-order valence-electron chi connectivity index (χ0n) is 15.5. The third-order valence-electron chi connectivity index (χ3n) is 5.26. The molecule has 0 bridgehead atoms. The fourth-order valence-corrected chi connectivity index (χ4v) is 4.62. The number of aryl methyl sites for hydroxylation is 1. The maximum atomic E-state index is 12.6. The van der Waals surface area contributed by atoms with E-state index in [0.29, 0.717) is 18.2 Å². The molecule has 2 aliphatic rings. The summed E-state index contributed by atoms with van der Waals surface area (Å²) in [6.45, 7) is 5.27. The van der Waals surface area contributed by atoms with Gasteiger partial charge in [0.15, 0.2) is 0 Å². The van der Waals surface area contributed by atoms with Crippen molar-refractivity contribution < 1.29 is 9.59 Å². The van der Waals surface area contributed by atoms with E-state index in [1.54, 1.807) is 11.8 Å². The van der Waals surface area contributed by atoms with E-state index in [2.05, 4.69) is 29.7 Å². The number of benzene rings is 1. The van der Waals surface area contributed by atoms with Crippen molar-refractivity contribution in [2.24, 2.45) is 5.92 Å². The van der Waals surface area contributed by atoms with E-state index < -0.39 is 0 Å². The molecule has 2 fully saturated rings. The minimum absolute atomic E-state index is 0.0261. The molecule has 0 aliphatic carbocycles. The van der Waals surface area contributed by atoms with Crippen LogP contribution in [0.4, 0.5) is 0 Å². The topological polar surface area (TPSA) is 61.4 Å². The Morgan fingerprint density at radius 3 is 2.88 bits per heavy atom. The molecule has 2 saturated heterocycles. The van der Waals surface area contributed by atoms with Gasteiger partial charge in [-0.1, -0.05) is 18.2 Å². The number of hydrogen-bond acceptors (Lipinski definition) is 4. The molecule has 0 aromatic heterocycles. The Bertz CT molecular complexity index is 631. The summed E-state index contributed by atoms with van der Waals surface area (Å²) in [6, 6.07) is 8.15. The second-order valence-corrected chi connectivity index (χ2v) is 8.31. The molecular weight excluding hydrogens is 346 g/mol. The zero-order valence-corrected chi connectivity index (χ0v) is 16.3. The lowest BCUT2D eigenvalue weighted by Crippen LogP contribution is -2.47. The second-order valence-electron chi connectivity index (χ2n) is 7.30. The van der Waals surface area contributed by atoms with Crippen molar-refractivity contribution in [2.45, 2.75) is 43.5 Å². The highest BCUT2D eigenvalue weighted by molar-refractivity contribution is 8.00. The molecule has 0 spiro atoms. The predicted molar refractivity (Wildman–Crippen MR) is 105 cm³/mol. The van der Waals surface area contributed by atoms with E-state index in [-0.39, 0.29) is 17.9 Å². The largest absolute Gasteiger partial charge is 0.354 e. The number of amides is 2. The number of thioether (sulfide) groups is 1. The van der Waals surface area contributed by atoms with Gasteiger partial charge in [0.25, 0.3) is 0 Å². The highest BCUT2D eigenvalue weighted by atomic mass is 32.2. The first kappa shape index (κ1) is 19.2. The SMILES string of the molecule is Cc1ccccc1SCC(=O)N1CCCC(CNC(=O)C2CCCN2)C1. The highest BCUT2D eigenvalue weighted by Gasteiger charge is 2.26. The molecule has 6 heteroatoms. The quantitative estimate of drug-likeness (QED) is 0.749. The van der Waals surface area contributed by atoms with E-state index in [0.717, 1.165) is 45.3 Å². The normalized spacial score (nSPS) is 23.0. The number of carbonyl (C=O) groups excluding carboxylic acids is 2. The van der Waals surface area contributed by atoms with Crippen molar-refractivity contribution in [3.8, 4) is 0 Å². The summed E-state index contributed by atoms with van der Waals surface area (Å²) in [4.78, 5) is 27.9. The number of piperidine rings is 1. The summed E-state index contributed by atoms with van der Waals surface area (Å²) < 4.78 is 0. The molecule has 2 amide bonds. The summed E-state index contributed by atoms with van der Waals surface area (Å²) in [5.41, 5.74) is 1.21. The molecule has 2 unspecified atom stereocenters. The van der Waals surface area contributed by atoms with Crippen LogP contribution in [-0.2, 0) is 9.59 Å². The highest BCUT2D eigenvalue weighted by Crippen LogP contribution is 2.23. The third kappa shape index (κ3) is 5.24. The Labute approximate surface area is 160 Å². The van der Waals surface area contributed by atoms with E-state index in [9.17, 15) is 9.59 Å². The summed E-state index contributed by atoms with van der Waals surface area (Å²) in [5.74, 6) is 1.16. The lowest BCUT2D eigenvalue weighted by molar-refractivity contribution is -0.130. The number of carbonyl (C=O) groups is 2. The van der Waals surface area contributed by atoms with Gasteiger partial charge in [-0.3, -0.25) is 9.59 Å². The van der Waals surface area contributed by atoms with Crippen LogP contribution in [0.25, 0.3) is 0 Å². The maximum absolute atomic E-state index is 12.6. The van der Waals surface area contributed by atoms with E-state index >= 15 is 0 Å². The Balaban J connectivity index is 1.43. The van der Waals surface area contributed by atoms with Crippen LogP contribution < -0.4 is 10.6 Å². The molecule has 2 N–H and O–H groups in total. The number of rotatable bonds is 6. The minimum Gasteiger partial charge on any atom is -0.354 e. The predicted octanol–water partition coefficient (Wildman–Crippen LogP) is 2.19. The Hall–Kier alpha value is -1.53. The van der Waals surface area contributed by atoms with Crippen LogP contribution in [0.2, 0.25) is 0 Å². The zero-order chi connectivity index (χ0) is 18.4. The molecule has 2 aliphatic heterocycles. The van der Waals surface area contributed by atoms with E-state index in [4.69, 9.17) is 0 Å². The number of nitrogens with zero attached hydrogens (tertiary/aromatic N) is 1. The molecule has 142 valence electrons. The van der Waals surface area contributed by atoms with Gasteiger partial charge in [-0.15, -0.1) is 11.8 Å². The van der Waals surface area contributed by atoms with Gasteiger partial charge in [-0.25, -0.2) is 0 Å². The molecular formula is C20H29N3O2S. The van der Waals surface area contributed by atoms with Crippen LogP contribution in [0.1, 0.15) is 31.2 Å². The third-order valence-corrected chi connectivity index (χ3v) is 6.42. The van der Waals surface area contributed by atoms with Crippen molar-refractivity contribution >= 4 is 23.6 Å². The molecule has 3 rings (SSSR count). The summed E-state index contributed by atoms with van der Waals surface area (Å²) >= 11 is 1.62. The fraction of sp³-hybridized carbons (Fsp3) is 0.600. The number of hydrogen-bond donors (Lipinski definition) is 2. The van der Waals surface area contributed by atoms with Crippen molar-refractivity contribution in [1.82, 2.24) is 15.5 Å². The lowest BCUT2D eigenvalue weighted by atomic mass is 9.98. The average molecular weight is 376 g/mol. The van der Waals surface area contributed by atoms with Crippen LogP contribution in [0.15, 0.2) is 29.2 Å². The van der Waals surface area contributed by atoms with Gasteiger partial charge in [0.2, 0.25) is 11.8 Å². The number of nitrogens with one attached hydrogen (secondary N) is 2. The van der Waals surface area contributed by atoms with Crippen LogP contribution >= 0.6 is 11.8 Å². The summed E-state index contributed by atoms with van der Waals surface area (Å²) in [7, 11) is 0. The average Bonchev–Trinajstić information content (AvgIpc) is 3.20. The first-order chi connectivity index (χ1) is 12.6. The first-order valence-corrected chi connectivity index (χ1v) is 10.6. The second kappa shape index (κ2) is 9.42. The molecule has 0 saturated carbocycles.